The first kappa shape index (κ1) is 14.1. The second kappa shape index (κ2) is 5.37. The van der Waals surface area contributed by atoms with E-state index in [0.717, 1.165) is 33.6 Å². The Bertz CT molecular complexity index is 672. The quantitative estimate of drug-likeness (QED) is 0.917. The van der Waals surface area contributed by atoms with Crippen molar-refractivity contribution in [3.8, 4) is 16.9 Å². The molecule has 3 nitrogen and oxygen atoms in total. The van der Waals surface area contributed by atoms with Crippen LogP contribution in [0.3, 0.4) is 0 Å². The molecule has 1 N–H and O–H groups in total. The van der Waals surface area contributed by atoms with Crippen LogP contribution in [0.5, 0.6) is 5.75 Å². The first-order chi connectivity index (χ1) is 9.43. The molecule has 0 atom stereocenters. The van der Waals surface area contributed by atoms with Crippen LogP contribution < -0.4 is 4.74 Å². The highest BCUT2D eigenvalue weighted by Crippen LogP contribution is 2.32. The molecule has 2 aromatic rings. The van der Waals surface area contributed by atoms with E-state index in [1.165, 1.54) is 0 Å². The van der Waals surface area contributed by atoms with Crippen molar-refractivity contribution in [2.24, 2.45) is 0 Å². The normalized spacial score (nSPS) is 10.4. The predicted molar refractivity (Wildman–Crippen MR) is 79.6 cm³/mol. The summed E-state index contributed by atoms with van der Waals surface area (Å²) in [5, 5.41) is 9.13. The van der Waals surface area contributed by atoms with Gasteiger partial charge >= 0.3 is 5.97 Å². The maximum atomic E-state index is 11.1. The number of carboxylic acid groups (broad SMARTS) is 1. The van der Waals surface area contributed by atoms with Gasteiger partial charge in [-0.3, -0.25) is 0 Å². The van der Waals surface area contributed by atoms with Crippen molar-refractivity contribution in [3.05, 3.63) is 52.6 Å². The SMILES string of the molecule is COc1cc(C)c(-c2cc(C(=O)O)ccc2C)cc1C. The number of aryl methyl sites for hydroxylation is 3. The maximum absolute atomic E-state index is 11.1. The number of hydrogen-bond acceptors (Lipinski definition) is 2. The van der Waals surface area contributed by atoms with Crippen molar-refractivity contribution in [2.45, 2.75) is 20.8 Å². The van der Waals surface area contributed by atoms with E-state index in [4.69, 9.17) is 9.84 Å². The van der Waals surface area contributed by atoms with E-state index in [1.807, 2.05) is 39.0 Å². The number of benzene rings is 2. The van der Waals surface area contributed by atoms with Gasteiger partial charge in [0.25, 0.3) is 0 Å². The third-order valence-electron chi connectivity index (χ3n) is 3.52. The van der Waals surface area contributed by atoms with Gasteiger partial charge in [0.1, 0.15) is 5.75 Å². The Morgan fingerprint density at radius 3 is 2.20 bits per heavy atom. The van der Waals surface area contributed by atoms with Gasteiger partial charge in [0, 0.05) is 0 Å². The molecule has 0 heterocycles. The van der Waals surface area contributed by atoms with E-state index in [1.54, 1.807) is 19.2 Å². The molecule has 0 aliphatic rings. The summed E-state index contributed by atoms with van der Waals surface area (Å²) < 4.78 is 5.31. The van der Waals surface area contributed by atoms with E-state index in [2.05, 4.69) is 0 Å². The van der Waals surface area contributed by atoms with Gasteiger partial charge in [-0.25, -0.2) is 4.79 Å². The lowest BCUT2D eigenvalue weighted by molar-refractivity contribution is 0.0697. The third-order valence-corrected chi connectivity index (χ3v) is 3.52. The van der Waals surface area contributed by atoms with Crippen molar-refractivity contribution in [3.63, 3.8) is 0 Å². The number of aromatic carboxylic acids is 1. The second-order valence-electron chi connectivity index (χ2n) is 4.97. The Labute approximate surface area is 118 Å². The van der Waals surface area contributed by atoms with Gasteiger partial charge in [0.15, 0.2) is 0 Å². The molecule has 0 aromatic heterocycles. The van der Waals surface area contributed by atoms with E-state index in [-0.39, 0.29) is 0 Å². The Morgan fingerprint density at radius 1 is 0.950 bits per heavy atom. The van der Waals surface area contributed by atoms with Gasteiger partial charge in [-0.1, -0.05) is 6.07 Å². The molecule has 0 saturated carbocycles. The van der Waals surface area contributed by atoms with Crippen molar-refractivity contribution >= 4 is 5.97 Å². The molecule has 0 fully saturated rings. The van der Waals surface area contributed by atoms with Crippen LogP contribution in [0.25, 0.3) is 11.1 Å². The van der Waals surface area contributed by atoms with E-state index < -0.39 is 5.97 Å². The van der Waals surface area contributed by atoms with Crippen LogP contribution in [0.15, 0.2) is 30.3 Å². The molecule has 0 spiro atoms. The molecule has 3 heteroatoms. The van der Waals surface area contributed by atoms with Gasteiger partial charge in [-0.2, -0.15) is 0 Å². The van der Waals surface area contributed by atoms with Crippen LogP contribution in [0.2, 0.25) is 0 Å². The predicted octanol–water partition coefficient (Wildman–Crippen LogP) is 3.99. The standard InChI is InChI=1S/C17H18O3/c1-10-5-6-13(17(18)19)9-15(10)14-7-12(3)16(20-4)8-11(14)2/h5-9H,1-4H3,(H,18,19). The summed E-state index contributed by atoms with van der Waals surface area (Å²) >= 11 is 0. The lowest BCUT2D eigenvalue weighted by Gasteiger charge is -2.14. The van der Waals surface area contributed by atoms with E-state index >= 15 is 0 Å². The van der Waals surface area contributed by atoms with Crippen molar-refractivity contribution in [1.29, 1.82) is 0 Å². The Balaban J connectivity index is 2.65. The molecule has 0 aliphatic heterocycles. The number of methoxy groups -OCH3 is 1. The van der Waals surface area contributed by atoms with Gasteiger partial charge in [-0.05, 0) is 72.9 Å². The largest absolute Gasteiger partial charge is 0.496 e. The Hall–Kier alpha value is -2.29. The van der Waals surface area contributed by atoms with Crippen LogP contribution in [0, 0.1) is 20.8 Å². The molecule has 0 bridgehead atoms. The second-order valence-corrected chi connectivity index (χ2v) is 4.97. The monoisotopic (exact) mass is 270 g/mol. The van der Waals surface area contributed by atoms with Crippen LogP contribution in [-0.4, -0.2) is 18.2 Å². The van der Waals surface area contributed by atoms with Gasteiger partial charge in [0.2, 0.25) is 0 Å². The van der Waals surface area contributed by atoms with Crippen molar-refractivity contribution < 1.29 is 14.6 Å². The molecule has 0 amide bonds. The zero-order valence-electron chi connectivity index (χ0n) is 12.2. The molecule has 104 valence electrons. The molecule has 0 aliphatic carbocycles. The van der Waals surface area contributed by atoms with Crippen LogP contribution in [0.1, 0.15) is 27.0 Å². The first-order valence-corrected chi connectivity index (χ1v) is 6.43. The fourth-order valence-corrected chi connectivity index (χ4v) is 2.34. The summed E-state index contributed by atoms with van der Waals surface area (Å²) in [6, 6.07) is 9.23. The summed E-state index contributed by atoms with van der Waals surface area (Å²) in [6.45, 7) is 5.97. The number of hydrogen-bond donors (Lipinski definition) is 1. The number of carboxylic acids is 1. The average molecular weight is 270 g/mol. The van der Waals surface area contributed by atoms with Gasteiger partial charge < -0.3 is 9.84 Å². The Kier molecular flexibility index (Phi) is 3.79. The smallest absolute Gasteiger partial charge is 0.335 e. The van der Waals surface area contributed by atoms with Crippen LogP contribution >= 0.6 is 0 Å². The minimum Gasteiger partial charge on any atom is -0.496 e. The highest BCUT2D eigenvalue weighted by molar-refractivity contribution is 5.90. The van der Waals surface area contributed by atoms with Gasteiger partial charge in [0.05, 0.1) is 12.7 Å². The lowest BCUT2D eigenvalue weighted by atomic mass is 9.93. The summed E-state index contributed by atoms with van der Waals surface area (Å²) in [6.07, 6.45) is 0. The molecule has 20 heavy (non-hydrogen) atoms. The lowest BCUT2D eigenvalue weighted by Crippen LogP contribution is -1.98. The Morgan fingerprint density at radius 2 is 1.60 bits per heavy atom. The fourth-order valence-electron chi connectivity index (χ4n) is 2.34. The zero-order valence-corrected chi connectivity index (χ0v) is 12.2. The van der Waals surface area contributed by atoms with Crippen molar-refractivity contribution in [1.82, 2.24) is 0 Å². The van der Waals surface area contributed by atoms with E-state index in [9.17, 15) is 4.79 Å². The molecular formula is C17H18O3. The topological polar surface area (TPSA) is 46.5 Å². The summed E-state index contributed by atoms with van der Waals surface area (Å²) in [7, 11) is 1.65. The third kappa shape index (κ3) is 2.52. The fraction of sp³-hybridized carbons (Fsp3) is 0.235. The van der Waals surface area contributed by atoms with Crippen LogP contribution in [-0.2, 0) is 0 Å². The van der Waals surface area contributed by atoms with Crippen LogP contribution in [0.4, 0.5) is 0 Å². The maximum Gasteiger partial charge on any atom is 0.335 e. The number of ether oxygens (including phenoxy) is 1. The first-order valence-electron chi connectivity index (χ1n) is 6.43. The molecule has 0 radical (unpaired) electrons. The average Bonchev–Trinajstić information content (AvgIpc) is 2.41. The molecule has 2 rings (SSSR count). The number of carbonyl (C=O) groups is 1. The summed E-state index contributed by atoms with van der Waals surface area (Å²) in [4.78, 5) is 11.1. The minimum absolute atomic E-state index is 0.304. The molecular weight excluding hydrogens is 252 g/mol. The van der Waals surface area contributed by atoms with E-state index in [0.29, 0.717) is 5.56 Å². The molecule has 0 unspecified atom stereocenters. The summed E-state index contributed by atoms with van der Waals surface area (Å²) in [5.41, 5.74) is 5.46. The highest BCUT2D eigenvalue weighted by Gasteiger charge is 2.12. The minimum atomic E-state index is -0.908. The van der Waals surface area contributed by atoms with Gasteiger partial charge in [-0.15, -0.1) is 0 Å². The molecule has 2 aromatic carbocycles. The number of rotatable bonds is 3. The summed E-state index contributed by atoms with van der Waals surface area (Å²) in [5.74, 6) is -0.0626. The highest BCUT2D eigenvalue weighted by atomic mass is 16.5. The molecule has 0 saturated heterocycles. The zero-order chi connectivity index (χ0) is 14.9. The van der Waals surface area contributed by atoms with Crippen molar-refractivity contribution in [2.75, 3.05) is 7.11 Å².